The van der Waals surface area contributed by atoms with Crippen molar-refractivity contribution in [2.45, 2.75) is 6.04 Å². The van der Waals surface area contributed by atoms with Gasteiger partial charge in [-0.2, -0.15) is 5.10 Å². The Balaban J connectivity index is 1.55. The van der Waals surface area contributed by atoms with Crippen LogP contribution in [0.1, 0.15) is 27.5 Å². The smallest absolute Gasteiger partial charge is 0.261 e. The minimum atomic E-state index is -0.376. The fourth-order valence-electron chi connectivity index (χ4n) is 3.87. The van der Waals surface area contributed by atoms with Crippen LogP contribution in [0.25, 0.3) is 5.70 Å². The molecule has 0 aliphatic carbocycles. The number of methoxy groups -OCH3 is 1. The van der Waals surface area contributed by atoms with Crippen molar-refractivity contribution in [3.05, 3.63) is 113 Å². The van der Waals surface area contributed by atoms with Crippen molar-refractivity contribution in [2.75, 3.05) is 17.7 Å². The van der Waals surface area contributed by atoms with Crippen molar-refractivity contribution in [1.29, 1.82) is 0 Å². The third kappa shape index (κ3) is 4.13. The monoisotopic (exact) mass is 474 g/mol. The zero-order valence-electron chi connectivity index (χ0n) is 18.1. The van der Waals surface area contributed by atoms with Crippen LogP contribution in [0.3, 0.4) is 0 Å². The predicted molar refractivity (Wildman–Crippen MR) is 131 cm³/mol. The van der Waals surface area contributed by atoms with E-state index in [1.165, 1.54) is 30.5 Å². The molecule has 1 unspecified atom stereocenters. The first-order valence-corrected chi connectivity index (χ1v) is 10.9. The molecule has 1 aromatic heterocycles. The fraction of sp³-hybridized carbons (Fsp3) is 0.0769. The number of amides is 1. The molecule has 1 aliphatic rings. The highest BCUT2D eigenvalue weighted by molar-refractivity contribution is 6.31. The van der Waals surface area contributed by atoms with Crippen LogP contribution >= 0.6 is 11.6 Å². The largest absolute Gasteiger partial charge is 0.497 e. The molecule has 1 amide bonds. The van der Waals surface area contributed by atoms with Crippen LogP contribution in [0.15, 0.2) is 85.1 Å². The maximum Gasteiger partial charge on any atom is 0.261 e. The van der Waals surface area contributed by atoms with Gasteiger partial charge in [-0.1, -0.05) is 29.8 Å². The molecular weight excluding hydrogens is 455 g/mol. The molecule has 6 nitrogen and oxygen atoms in total. The summed E-state index contributed by atoms with van der Waals surface area (Å²) in [6, 6.07) is 20.4. The summed E-state index contributed by atoms with van der Waals surface area (Å²) in [5.41, 5.74) is 3.40. The molecule has 5 rings (SSSR count). The summed E-state index contributed by atoms with van der Waals surface area (Å²) in [5.74, 6) is 0.527. The molecule has 0 radical (unpaired) electrons. The Hall–Kier alpha value is -4.10. The molecular formula is C26H20ClFN4O2. The molecule has 4 aromatic rings. The molecule has 2 N–H and O–H groups in total. The van der Waals surface area contributed by atoms with Gasteiger partial charge >= 0.3 is 0 Å². The Kier molecular flexibility index (Phi) is 5.77. The highest BCUT2D eigenvalue weighted by Crippen LogP contribution is 2.37. The number of rotatable bonds is 5. The second-order valence-electron chi connectivity index (χ2n) is 7.71. The average Bonchev–Trinajstić information content (AvgIpc) is 3.30. The Bertz CT molecular complexity index is 1380. The fourth-order valence-corrected chi connectivity index (χ4v) is 4.12. The third-order valence-corrected chi connectivity index (χ3v) is 5.95. The molecule has 0 saturated carbocycles. The van der Waals surface area contributed by atoms with Crippen molar-refractivity contribution in [3.8, 4) is 5.75 Å². The molecule has 170 valence electrons. The summed E-state index contributed by atoms with van der Waals surface area (Å²) >= 11 is 6.53. The lowest BCUT2D eigenvalue weighted by atomic mass is 10.0. The minimum Gasteiger partial charge on any atom is -0.497 e. The summed E-state index contributed by atoms with van der Waals surface area (Å²) in [6.07, 6.45) is 3.53. The number of carbonyl (C=O) groups is 1. The molecule has 34 heavy (non-hydrogen) atoms. The van der Waals surface area contributed by atoms with Crippen LogP contribution in [0, 0.1) is 5.82 Å². The van der Waals surface area contributed by atoms with Gasteiger partial charge in [0, 0.05) is 16.4 Å². The molecule has 2 heterocycles. The number of fused-ring (bicyclic) bond motifs is 1. The molecule has 0 bridgehead atoms. The van der Waals surface area contributed by atoms with E-state index in [9.17, 15) is 9.18 Å². The lowest BCUT2D eigenvalue weighted by Gasteiger charge is -2.27. The van der Waals surface area contributed by atoms with Crippen molar-refractivity contribution in [2.24, 2.45) is 0 Å². The summed E-state index contributed by atoms with van der Waals surface area (Å²) in [5, 5.41) is 11.2. The van der Waals surface area contributed by atoms with Crippen LogP contribution in [0.4, 0.5) is 15.9 Å². The first-order chi connectivity index (χ1) is 16.5. The van der Waals surface area contributed by atoms with Gasteiger partial charge in [0.1, 0.15) is 29.0 Å². The number of nitrogens with one attached hydrogen (secondary N) is 2. The van der Waals surface area contributed by atoms with E-state index >= 15 is 0 Å². The Labute approximate surface area is 200 Å². The van der Waals surface area contributed by atoms with Gasteiger partial charge in [0.2, 0.25) is 0 Å². The maximum absolute atomic E-state index is 13.3. The van der Waals surface area contributed by atoms with Crippen molar-refractivity contribution < 1.29 is 13.9 Å². The number of carbonyl (C=O) groups excluding carboxylic acids is 1. The van der Waals surface area contributed by atoms with E-state index in [2.05, 4.69) is 15.7 Å². The van der Waals surface area contributed by atoms with E-state index in [4.69, 9.17) is 16.3 Å². The van der Waals surface area contributed by atoms with Gasteiger partial charge in [0.05, 0.1) is 13.3 Å². The van der Waals surface area contributed by atoms with E-state index in [1.807, 2.05) is 54.6 Å². The number of halogens is 2. The summed E-state index contributed by atoms with van der Waals surface area (Å²) in [4.78, 5) is 13.1. The molecule has 1 atom stereocenters. The number of nitrogens with zero attached hydrogens (tertiary/aromatic N) is 2. The van der Waals surface area contributed by atoms with Crippen LogP contribution < -0.4 is 15.4 Å². The standard InChI is InChI=1S/C26H20ClFN4O2/c1-34-19-12-6-16(7-13-19)23-14-24(20-4-2-3-5-22(20)27)32-25(31-23)21(15-29-32)26(33)30-18-10-8-17(28)9-11-18/h2-15,24,31H,1H3,(H,30,33). The van der Waals surface area contributed by atoms with Gasteiger partial charge in [-0.15, -0.1) is 0 Å². The van der Waals surface area contributed by atoms with Crippen LogP contribution in [0.5, 0.6) is 5.75 Å². The van der Waals surface area contributed by atoms with Crippen molar-refractivity contribution >= 4 is 34.7 Å². The van der Waals surface area contributed by atoms with E-state index in [-0.39, 0.29) is 17.8 Å². The number of allylic oxidation sites excluding steroid dienone is 1. The molecule has 8 heteroatoms. The maximum atomic E-state index is 13.3. The molecule has 0 spiro atoms. The SMILES string of the molecule is COc1ccc(C2=CC(c3ccccc3Cl)n3ncc(C(=O)Nc4ccc(F)cc4)c3N2)cc1. The lowest BCUT2D eigenvalue weighted by Crippen LogP contribution is -2.22. The van der Waals surface area contributed by atoms with Gasteiger partial charge < -0.3 is 15.4 Å². The first kappa shape index (κ1) is 21.7. The van der Waals surface area contributed by atoms with E-state index in [1.54, 1.807) is 11.8 Å². The number of anilines is 2. The quantitative estimate of drug-likeness (QED) is 0.372. The van der Waals surface area contributed by atoms with Crippen molar-refractivity contribution in [1.82, 2.24) is 9.78 Å². The summed E-state index contributed by atoms with van der Waals surface area (Å²) in [7, 11) is 1.62. The van der Waals surface area contributed by atoms with Crippen molar-refractivity contribution in [3.63, 3.8) is 0 Å². The number of hydrogen-bond acceptors (Lipinski definition) is 4. The van der Waals surface area contributed by atoms with Gasteiger partial charge in [0.25, 0.3) is 5.91 Å². The zero-order chi connectivity index (χ0) is 23.7. The highest BCUT2D eigenvalue weighted by atomic mass is 35.5. The minimum absolute atomic E-state index is 0.338. The Morgan fingerprint density at radius 2 is 1.82 bits per heavy atom. The first-order valence-electron chi connectivity index (χ1n) is 10.6. The molecule has 3 aromatic carbocycles. The topological polar surface area (TPSA) is 68.2 Å². The number of ether oxygens (including phenoxy) is 1. The normalized spacial score (nSPS) is 14.6. The number of hydrogen-bond donors (Lipinski definition) is 2. The summed E-state index contributed by atoms with van der Waals surface area (Å²) in [6.45, 7) is 0. The van der Waals surface area contributed by atoms with Gasteiger partial charge in [0.15, 0.2) is 0 Å². The number of aromatic nitrogens is 2. The van der Waals surface area contributed by atoms with Crippen LogP contribution in [0.2, 0.25) is 5.02 Å². The lowest BCUT2D eigenvalue weighted by molar-refractivity contribution is 0.102. The van der Waals surface area contributed by atoms with E-state index < -0.39 is 0 Å². The van der Waals surface area contributed by atoms with Gasteiger partial charge in [-0.25, -0.2) is 9.07 Å². The molecule has 1 aliphatic heterocycles. The zero-order valence-corrected chi connectivity index (χ0v) is 18.9. The average molecular weight is 475 g/mol. The predicted octanol–water partition coefficient (Wildman–Crippen LogP) is 5.99. The van der Waals surface area contributed by atoms with Gasteiger partial charge in [-0.3, -0.25) is 4.79 Å². The van der Waals surface area contributed by atoms with Crippen LogP contribution in [-0.2, 0) is 0 Å². The van der Waals surface area contributed by atoms with Gasteiger partial charge in [-0.05, 0) is 71.8 Å². The third-order valence-electron chi connectivity index (χ3n) is 5.61. The second kappa shape index (κ2) is 9.03. The summed E-state index contributed by atoms with van der Waals surface area (Å²) < 4.78 is 20.3. The molecule has 0 fully saturated rings. The Morgan fingerprint density at radius 3 is 2.53 bits per heavy atom. The highest BCUT2D eigenvalue weighted by Gasteiger charge is 2.29. The van der Waals surface area contributed by atoms with E-state index in [0.717, 1.165) is 22.6 Å². The van der Waals surface area contributed by atoms with E-state index in [0.29, 0.717) is 22.1 Å². The Morgan fingerprint density at radius 1 is 1.09 bits per heavy atom. The molecule has 0 saturated heterocycles. The van der Waals surface area contributed by atoms with Crippen LogP contribution in [-0.4, -0.2) is 22.8 Å². The second-order valence-corrected chi connectivity index (χ2v) is 8.12. The number of benzene rings is 3.